The van der Waals surface area contributed by atoms with E-state index in [1.54, 1.807) is 0 Å². The van der Waals surface area contributed by atoms with E-state index in [9.17, 15) is 0 Å². The van der Waals surface area contributed by atoms with Crippen LogP contribution in [-0.4, -0.2) is 71.6 Å². The molecule has 2 rings (SSSR count). The summed E-state index contributed by atoms with van der Waals surface area (Å²) in [5.74, 6) is 0. The van der Waals surface area contributed by atoms with Gasteiger partial charge in [0, 0.05) is 0 Å². The molecule has 26 heavy (non-hydrogen) atoms. The van der Waals surface area contributed by atoms with Crippen molar-refractivity contribution >= 4 is 0 Å². The average Bonchev–Trinajstić information content (AvgIpc) is 2.69. The summed E-state index contributed by atoms with van der Waals surface area (Å²) < 4.78 is 30.7. The molecule has 2 aromatic heterocycles. The first-order valence-electron chi connectivity index (χ1n) is 7.62. The molecule has 0 saturated carbocycles. The standard InChI is InChI=1S/C14H20N6O6/c1-21-9-15-10(22-2)18-13(17-9)25-7-5-6-8-26-14-19-11(23-3)16-12(20-14)24-4/h5-8H2,1-4H3. The zero-order valence-corrected chi connectivity index (χ0v) is 15.0. The van der Waals surface area contributed by atoms with Crippen molar-refractivity contribution in [1.29, 1.82) is 0 Å². The van der Waals surface area contributed by atoms with Crippen LogP contribution < -0.4 is 28.4 Å². The lowest BCUT2D eigenvalue weighted by Gasteiger charge is -2.08. The summed E-state index contributed by atoms with van der Waals surface area (Å²) in [6, 6.07) is 0.727. The highest BCUT2D eigenvalue weighted by molar-refractivity contribution is 5.09. The van der Waals surface area contributed by atoms with Crippen LogP contribution in [0.4, 0.5) is 0 Å². The Kier molecular flexibility index (Phi) is 7.33. The Hall–Kier alpha value is -3.18. The summed E-state index contributed by atoms with van der Waals surface area (Å²) in [7, 11) is 5.78. The number of unbranched alkanes of at least 4 members (excludes halogenated alkanes) is 1. The first-order chi connectivity index (χ1) is 12.7. The summed E-state index contributed by atoms with van der Waals surface area (Å²) >= 11 is 0. The molecule has 0 fully saturated rings. The molecule has 142 valence electrons. The zero-order valence-electron chi connectivity index (χ0n) is 15.0. The lowest BCUT2D eigenvalue weighted by Crippen LogP contribution is -2.08. The number of nitrogens with zero attached hydrogens (tertiary/aromatic N) is 6. The van der Waals surface area contributed by atoms with E-state index in [0.29, 0.717) is 26.1 Å². The van der Waals surface area contributed by atoms with Gasteiger partial charge in [0.25, 0.3) is 0 Å². The molecule has 0 amide bonds. The maximum absolute atomic E-state index is 5.46. The van der Waals surface area contributed by atoms with Crippen molar-refractivity contribution in [1.82, 2.24) is 29.9 Å². The van der Waals surface area contributed by atoms with Crippen molar-refractivity contribution < 1.29 is 28.4 Å². The van der Waals surface area contributed by atoms with Gasteiger partial charge in [-0.25, -0.2) is 0 Å². The highest BCUT2D eigenvalue weighted by atomic mass is 16.5. The number of rotatable bonds is 11. The summed E-state index contributed by atoms with van der Waals surface area (Å²) in [4.78, 5) is 23.7. The molecule has 0 bridgehead atoms. The first-order valence-corrected chi connectivity index (χ1v) is 7.62. The molecule has 0 aliphatic rings. The van der Waals surface area contributed by atoms with Crippen LogP contribution >= 0.6 is 0 Å². The van der Waals surface area contributed by atoms with E-state index in [2.05, 4.69) is 29.9 Å². The fraction of sp³-hybridized carbons (Fsp3) is 0.571. The minimum atomic E-state index is 0.118. The van der Waals surface area contributed by atoms with E-state index in [1.165, 1.54) is 28.4 Å². The second kappa shape index (κ2) is 9.96. The van der Waals surface area contributed by atoms with Crippen LogP contribution in [0.2, 0.25) is 0 Å². The first kappa shape index (κ1) is 19.1. The molecule has 0 aliphatic carbocycles. The summed E-state index contributed by atoms with van der Waals surface area (Å²) in [6.07, 6.45) is 1.38. The van der Waals surface area contributed by atoms with Gasteiger partial charge < -0.3 is 28.4 Å². The van der Waals surface area contributed by atoms with E-state index >= 15 is 0 Å². The smallest absolute Gasteiger partial charge is 0.325 e. The number of aromatic nitrogens is 6. The van der Waals surface area contributed by atoms with E-state index in [-0.39, 0.29) is 36.1 Å². The molecule has 0 aliphatic heterocycles. The largest absolute Gasteiger partial charge is 0.467 e. The second-order valence-electron chi connectivity index (χ2n) is 4.59. The summed E-state index contributed by atoms with van der Waals surface area (Å²) in [5.41, 5.74) is 0. The van der Waals surface area contributed by atoms with Gasteiger partial charge in [0.15, 0.2) is 0 Å². The molecule has 12 nitrogen and oxygen atoms in total. The molecule has 0 radical (unpaired) electrons. The number of ether oxygens (including phenoxy) is 6. The van der Waals surface area contributed by atoms with E-state index < -0.39 is 0 Å². The van der Waals surface area contributed by atoms with Crippen LogP contribution in [0.15, 0.2) is 0 Å². The third kappa shape index (κ3) is 5.72. The Balaban J connectivity index is 1.74. The van der Waals surface area contributed by atoms with Crippen molar-refractivity contribution in [2.45, 2.75) is 12.8 Å². The summed E-state index contributed by atoms with van der Waals surface area (Å²) in [6.45, 7) is 0.757. The zero-order chi connectivity index (χ0) is 18.8. The molecule has 0 saturated heterocycles. The molecule has 0 spiro atoms. The van der Waals surface area contributed by atoms with Crippen molar-refractivity contribution in [2.75, 3.05) is 41.7 Å². The van der Waals surface area contributed by atoms with Crippen LogP contribution in [0, 0.1) is 0 Å². The van der Waals surface area contributed by atoms with Gasteiger partial charge in [0.1, 0.15) is 0 Å². The van der Waals surface area contributed by atoms with Gasteiger partial charge >= 0.3 is 36.1 Å². The Labute approximate surface area is 149 Å². The van der Waals surface area contributed by atoms with E-state index in [4.69, 9.17) is 28.4 Å². The Morgan fingerprint density at radius 1 is 0.462 bits per heavy atom. The molecule has 0 N–H and O–H groups in total. The van der Waals surface area contributed by atoms with E-state index in [1.807, 2.05) is 0 Å². The molecule has 0 aromatic carbocycles. The van der Waals surface area contributed by atoms with Gasteiger partial charge in [-0.1, -0.05) is 0 Å². The normalized spacial score (nSPS) is 10.2. The molecule has 2 aromatic rings. The Bertz CT molecular complexity index is 600. The van der Waals surface area contributed by atoms with Gasteiger partial charge in [0.2, 0.25) is 0 Å². The quantitative estimate of drug-likeness (QED) is 0.506. The lowest BCUT2D eigenvalue weighted by molar-refractivity contribution is 0.231. The highest BCUT2D eigenvalue weighted by Crippen LogP contribution is 2.15. The lowest BCUT2D eigenvalue weighted by atomic mass is 10.3. The Morgan fingerprint density at radius 2 is 0.731 bits per heavy atom. The van der Waals surface area contributed by atoms with Gasteiger partial charge in [-0.05, 0) is 12.8 Å². The highest BCUT2D eigenvalue weighted by Gasteiger charge is 2.09. The number of hydrogen-bond acceptors (Lipinski definition) is 12. The van der Waals surface area contributed by atoms with E-state index in [0.717, 1.165) is 0 Å². The topological polar surface area (TPSA) is 133 Å². The van der Waals surface area contributed by atoms with Crippen LogP contribution in [0.5, 0.6) is 36.1 Å². The maximum Gasteiger partial charge on any atom is 0.325 e. The summed E-state index contributed by atoms with van der Waals surface area (Å²) in [5, 5.41) is 0. The van der Waals surface area contributed by atoms with Crippen LogP contribution in [0.25, 0.3) is 0 Å². The van der Waals surface area contributed by atoms with Crippen LogP contribution in [-0.2, 0) is 0 Å². The van der Waals surface area contributed by atoms with Crippen molar-refractivity contribution in [2.24, 2.45) is 0 Å². The van der Waals surface area contributed by atoms with Gasteiger partial charge in [-0.3, -0.25) is 0 Å². The van der Waals surface area contributed by atoms with Crippen LogP contribution in [0.1, 0.15) is 12.8 Å². The minimum absolute atomic E-state index is 0.118. The molecular formula is C14H20N6O6. The molecule has 2 heterocycles. The van der Waals surface area contributed by atoms with Gasteiger partial charge in [-0.15, -0.1) is 29.9 Å². The van der Waals surface area contributed by atoms with Gasteiger partial charge in [0.05, 0.1) is 41.7 Å². The van der Waals surface area contributed by atoms with Crippen molar-refractivity contribution in [3.8, 4) is 36.1 Å². The third-order valence-corrected chi connectivity index (χ3v) is 2.88. The van der Waals surface area contributed by atoms with Crippen molar-refractivity contribution in [3.05, 3.63) is 0 Å². The predicted octanol–water partition coefficient (Wildman–Crippen LogP) is 0.329. The third-order valence-electron chi connectivity index (χ3n) is 2.88. The monoisotopic (exact) mass is 368 g/mol. The SMILES string of the molecule is COc1nc(OC)nc(OCCCCOc2nc(OC)nc(OC)n2)n1. The number of methoxy groups -OCH3 is 4. The van der Waals surface area contributed by atoms with Gasteiger partial charge in [-0.2, -0.15) is 0 Å². The predicted molar refractivity (Wildman–Crippen MR) is 86.1 cm³/mol. The molecule has 0 unspecified atom stereocenters. The average molecular weight is 368 g/mol. The fourth-order valence-corrected chi connectivity index (χ4v) is 1.67. The minimum Gasteiger partial charge on any atom is -0.467 e. The fourth-order valence-electron chi connectivity index (χ4n) is 1.67. The molecule has 0 atom stereocenters. The van der Waals surface area contributed by atoms with Crippen LogP contribution in [0.3, 0.4) is 0 Å². The van der Waals surface area contributed by atoms with Crippen molar-refractivity contribution in [3.63, 3.8) is 0 Å². The Morgan fingerprint density at radius 3 is 1.00 bits per heavy atom. The molecular weight excluding hydrogens is 348 g/mol. The molecule has 12 heteroatoms. The maximum atomic E-state index is 5.46. The number of hydrogen-bond donors (Lipinski definition) is 0. The second-order valence-corrected chi connectivity index (χ2v) is 4.59.